The fourth-order valence-electron chi connectivity index (χ4n) is 2.12. The number of alkyl halides is 6. The van der Waals surface area contributed by atoms with Gasteiger partial charge in [-0.2, -0.15) is 26.3 Å². The fraction of sp³-hybridized carbons (Fsp3) is 0.188. The predicted molar refractivity (Wildman–Crippen MR) is 82.5 cm³/mol. The number of hydrogen-bond donors (Lipinski definition) is 1. The second-order valence-electron chi connectivity index (χ2n) is 5.26. The van der Waals surface area contributed by atoms with E-state index in [9.17, 15) is 35.3 Å². The maximum Gasteiger partial charge on any atom is 0.416 e. The van der Waals surface area contributed by atoms with Crippen molar-refractivity contribution < 1.29 is 40.5 Å². The number of carbonyl (C=O) groups is 1. The molecule has 2 rings (SSSR count). The molecule has 11 heteroatoms. The monoisotopic (exact) mass is 411 g/mol. The van der Waals surface area contributed by atoms with Gasteiger partial charge in [0, 0.05) is 0 Å². The lowest BCUT2D eigenvalue weighted by molar-refractivity contribution is -0.138. The van der Waals surface area contributed by atoms with Gasteiger partial charge in [-0.3, -0.25) is 4.79 Å². The lowest BCUT2D eigenvalue weighted by atomic mass is 10.2. The van der Waals surface area contributed by atoms with Gasteiger partial charge in [-0.25, -0.2) is 8.57 Å². The van der Waals surface area contributed by atoms with Crippen molar-refractivity contribution >= 4 is 15.7 Å². The molecule has 0 amide bonds. The largest absolute Gasteiger partial charge is 0.480 e. The number of carboxylic acids is 1. The van der Waals surface area contributed by atoms with Crippen molar-refractivity contribution in [1.29, 1.82) is 0 Å². The number of benzene rings is 2. The molecule has 0 fully saturated rings. The van der Waals surface area contributed by atoms with E-state index in [-0.39, 0.29) is 0 Å². The van der Waals surface area contributed by atoms with Crippen LogP contribution in [0.15, 0.2) is 62.7 Å². The van der Waals surface area contributed by atoms with Crippen molar-refractivity contribution in [3.05, 3.63) is 59.7 Å². The molecule has 0 saturated carbocycles. The Labute approximate surface area is 149 Å². The van der Waals surface area contributed by atoms with Crippen molar-refractivity contribution in [2.75, 3.05) is 6.54 Å². The molecule has 0 atom stereocenters. The summed E-state index contributed by atoms with van der Waals surface area (Å²) in [6, 6.07) is 6.15. The molecule has 0 radical (unpaired) electrons. The Bertz CT molecular complexity index is 911. The molecule has 1 N–H and O–H groups in total. The van der Waals surface area contributed by atoms with Gasteiger partial charge in [-0.15, -0.1) is 0 Å². The first-order valence-corrected chi connectivity index (χ1v) is 8.65. The van der Waals surface area contributed by atoms with Crippen LogP contribution in [0.1, 0.15) is 11.1 Å². The lowest BCUT2D eigenvalue weighted by Crippen LogP contribution is -2.12. The van der Waals surface area contributed by atoms with E-state index in [1.165, 1.54) is 0 Å². The molecule has 0 aliphatic rings. The van der Waals surface area contributed by atoms with Crippen LogP contribution in [0.25, 0.3) is 0 Å². The molecule has 0 aromatic heterocycles. The summed E-state index contributed by atoms with van der Waals surface area (Å²) >= 11 is 0. The van der Waals surface area contributed by atoms with Crippen LogP contribution in [-0.2, 0) is 26.9 Å². The minimum atomic E-state index is -4.79. The van der Waals surface area contributed by atoms with Crippen LogP contribution >= 0.6 is 0 Å². The zero-order valence-corrected chi connectivity index (χ0v) is 14.0. The molecule has 0 heterocycles. The quantitative estimate of drug-likeness (QED) is 0.742. The number of nitrogens with zero attached hydrogens (tertiary/aromatic N) is 1. The van der Waals surface area contributed by atoms with E-state index in [1.54, 1.807) is 0 Å². The summed E-state index contributed by atoms with van der Waals surface area (Å²) in [5.74, 6) is -1.54. The van der Waals surface area contributed by atoms with Gasteiger partial charge < -0.3 is 5.11 Å². The number of halogens is 6. The topological polar surface area (TPSA) is 66.7 Å². The third-order valence-electron chi connectivity index (χ3n) is 3.34. The van der Waals surface area contributed by atoms with E-state index in [4.69, 9.17) is 5.11 Å². The minimum absolute atomic E-state index is 0.480. The first-order chi connectivity index (χ1) is 12.3. The van der Waals surface area contributed by atoms with Crippen molar-refractivity contribution in [2.45, 2.75) is 22.1 Å². The van der Waals surface area contributed by atoms with Crippen LogP contribution < -0.4 is 0 Å². The van der Waals surface area contributed by atoms with Crippen LogP contribution in [-0.4, -0.2) is 21.8 Å². The molecule has 2 aromatic carbocycles. The van der Waals surface area contributed by atoms with E-state index in [0.29, 0.717) is 24.3 Å². The number of carboxylic acid groups (broad SMARTS) is 1. The fourth-order valence-corrected chi connectivity index (χ4v) is 4.08. The molecule has 0 aliphatic carbocycles. The van der Waals surface area contributed by atoms with E-state index >= 15 is 0 Å². The van der Waals surface area contributed by atoms with Gasteiger partial charge in [-0.1, -0.05) is 12.1 Å². The summed E-state index contributed by atoms with van der Waals surface area (Å²) in [5.41, 5.74) is -2.38. The average molecular weight is 411 g/mol. The zero-order chi connectivity index (χ0) is 20.5. The van der Waals surface area contributed by atoms with Gasteiger partial charge >= 0.3 is 18.3 Å². The van der Waals surface area contributed by atoms with Crippen LogP contribution in [0.2, 0.25) is 0 Å². The molecule has 0 spiro atoms. The van der Waals surface area contributed by atoms with Crippen LogP contribution in [0.3, 0.4) is 0 Å². The van der Waals surface area contributed by atoms with Gasteiger partial charge in [-0.05, 0) is 36.4 Å². The normalized spacial score (nSPS) is 12.7. The summed E-state index contributed by atoms with van der Waals surface area (Å²) in [5, 5.41) is 8.76. The van der Waals surface area contributed by atoms with E-state index < -0.39 is 55.5 Å². The molecular formula is C16H11F6NO3S. The van der Waals surface area contributed by atoms with E-state index in [1.807, 2.05) is 0 Å². The Morgan fingerprint density at radius 1 is 0.889 bits per heavy atom. The summed E-state index contributed by atoms with van der Waals surface area (Å²) in [4.78, 5) is 9.69. The molecule has 0 unspecified atom stereocenters. The Morgan fingerprint density at radius 3 is 1.63 bits per heavy atom. The van der Waals surface area contributed by atoms with Crippen LogP contribution in [0.5, 0.6) is 0 Å². The van der Waals surface area contributed by atoms with Crippen molar-refractivity contribution in [2.24, 2.45) is 4.36 Å². The standard InChI is InChI=1S/C16H11F6NO3S/c17-15(18,19)10-3-1-5-12(7-10)27(26,23-9-14(24)25)13-6-2-4-11(8-13)16(20,21)22/h1-8H,9H2,(H,24,25). The maximum absolute atomic E-state index is 13.3. The summed E-state index contributed by atoms with van der Waals surface area (Å²) in [6.07, 6.45) is -9.59. The maximum atomic E-state index is 13.3. The van der Waals surface area contributed by atoms with Crippen molar-refractivity contribution in [1.82, 2.24) is 0 Å². The summed E-state index contributed by atoms with van der Waals surface area (Å²) in [6.45, 7) is -1.06. The lowest BCUT2D eigenvalue weighted by Gasteiger charge is -2.15. The molecular weight excluding hydrogens is 400 g/mol. The first kappa shape index (κ1) is 20.7. The number of hydrogen-bond acceptors (Lipinski definition) is 3. The van der Waals surface area contributed by atoms with Gasteiger partial charge in [0.25, 0.3) is 0 Å². The third-order valence-corrected chi connectivity index (χ3v) is 5.62. The molecule has 0 saturated heterocycles. The molecule has 146 valence electrons. The van der Waals surface area contributed by atoms with Crippen molar-refractivity contribution in [3.8, 4) is 0 Å². The molecule has 4 nitrogen and oxygen atoms in total. The highest BCUT2D eigenvalue weighted by molar-refractivity contribution is 7.93. The van der Waals surface area contributed by atoms with Gasteiger partial charge in [0.1, 0.15) is 16.3 Å². The van der Waals surface area contributed by atoms with Gasteiger partial charge in [0.2, 0.25) is 0 Å². The summed E-state index contributed by atoms with van der Waals surface area (Å²) in [7, 11) is -4.06. The predicted octanol–water partition coefficient (Wildman–Crippen LogP) is 4.69. The SMILES string of the molecule is O=C(O)CN=S(=O)(c1cccc(C(F)(F)F)c1)c1cccc(C(F)(F)F)c1. The highest BCUT2D eigenvalue weighted by atomic mass is 32.2. The third kappa shape index (κ3) is 4.79. The highest BCUT2D eigenvalue weighted by Gasteiger charge is 2.33. The molecule has 27 heavy (non-hydrogen) atoms. The molecule has 0 aliphatic heterocycles. The minimum Gasteiger partial charge on any atom is -0.480 e. The van der Waals surface area contributed by atoms with Gasteiger partial charge in [0.15, 0.2) is 0 Å². The zero-order valence-electron chi connectivity index (χ0n) is 13.2. The Morgan fingerprint density at radius 2 is 1.30 bits per heavy atom. The second kappa shape index (κ2) is 7.22. The van der Waals surface area contributed by atoms with Crippen molar-refractivity contribution in [3.63, 3.8) is 0 Å². The van der Waals surface area contributed by atoms with E-state index in [2.05, 4.69) is 4.36 Å². The van der Waals surface area contributed by atoms with E-state index in [0.717, 1.165) is 24.3 Å². The summed E-state index contributed by atoms with van der Waals surface area (Å²) < 4.78 is 94.3. The van der Waals surface area contributed by atoms with Crippen LogP contribution in [0.4, 0.5) is 26.3 Å². The van der Waals surface area contributed by atoms with Crippen LogP contribution in [0, 0.1) is 0 Å². The second-order valence-corrected chi connectivity index (χ2v) is 7.51. The Kier molecular flexibility index (Phi) is 5.55. The highest BCUT2D eigenvalue weighted by Crippen LogP contribution is 2.35. The number of aliphatic carboxylic acids is 1. The molecule has 0 bridgehead atoms. The number of rotatable bonds is 4. The smallest absolute Gasteiger partial charge is 0.416 e. The van der Waals surface area contributed by atoms with Gasteiger partial charge in [0.05, 0.1) is 20.9 Å². The Hall–Kier alpha value is -2.56. The first-order valence-electron chi connectivity index (χ1n) is 7.13. The molecule has 2 aromatic rings. The average Bonchev–Trinajstić information content (AvgIpc) is 2.58. The Balaban J connectivity index is 2.75.